The van der Waals surface area contributed by atoms with Crippen LogP contribution in [0.15, 0.2) is 36.9 Å². The molecule has 22 heavy (non-hydrogen) atoms. The van der Waals surface area contributed by atoms with Gasteiger partial charge in [0.05, 0.1) is 21.2 Å². The van der Waals surface area contributed by atoms with Gasteiger partial charge in [-0.1, -0.05) is 23.2 Å². The van der Waals surface area contributed by atoms with Gasteiger partial charge in [0.1, 0.15) is 7.11 Å². The SMILES string of the molecule is CO[n+]1cccc(-c2nc(-c3c(Cl)cncc3Cl)nn2C)c1. The Hall–Kier alpha value is -2.18. The average molecular weight is 337 g/mol. The fourth-order valence-corrected chi connectivity index (χ4v) is 2.60. The minimum atomic E-state index is 0.407. The summed E-state index contributed by atoms with van der Waals surface area (Å²) in [7, 11) is 3.39. The first-order valence-electron chi connectivity index (χ1n) is 6.36. The molecule has 8 heteroatoms. The minimum Gasteiger partial charge on any atom is -0.275 e. The maximum Gasteiger partial charge on any atom is 0.233 e. The van der Waals surface area contributed by atoms with Gasteiger partial charge in [0.15, 0.2) is 11.6 Å². The van der Waals surface area contributed by atoms with Crippen LogP contribution in [-0.2, 0) is 7.05 Å². The molecular formula is C14H12Cl2N5O+. The highest BCUT2D eigenvalue weighted by Gasteiger charge is 2.18. The van der Waals surface area contributed by atoms with Crippen molar-refractivity contribution in [3.05, 3.63) is 47.0 Å². The fraction of sp³-hybridized carbons (Fsp3) is 0.143. The lowest BCUT2D eigenvalue weighted by Crippen LogP contribution is -2.39. The molecule has 0 unspecified atom stereocenters. The third-order valence-corrected chi connectivity index (χ3v) is 3.66. The largest absolute Gasteiger partial charge is 0.275 e. The maximum absolute atomic E-state index is 6.16. The molecule has 0 aliphatic carbocycles. The van der Waals surface area contributed by atoms with Gasteiger partial charge in [0.2, 0.25) is 12.4 Å². The first-order valence-corrected chi connectivity index (χ1v) is 7.12. The van der Waals surface area contributed by atoms with E-state index in [9.17, 15) is 0 Å². The molecule has 0 aliphatic rings. The van der Waals surface area contributed by atoms with E-state index in [4.69, 9.17) is 28.0 Å². The van der Waals surface area contributed by atoms with Crippen molar-refractivity contribution in [2.45, 2.75) is 0 Å². The van der Waals surface area contributed by atoms with Gasteiger partial charge in [-0.2, -0.15) is 5.10 Å². The van der Waals surface area contributed by atoms with Crippen LogP contribution in [0.2, 0.25) is 10.0 Å². The van der Waals surface area contributed by atoms with Crippen LogP contribution in [0.5, 0.6) is 0 Å². The first kappa shape index (κ1) is 14.7. The van der Waals surface area contributed by atoms with Crippen LogP contribution in [-0.4, -0.2) is 26.9 Å². The highest BCUT2D eigenvalue weighted by molar-refractivity contribution is 6.38. The van der Waals surface area contributed by atoms with Crippen molar-refractivity contribution < 1.29 is 9.57 Å². The summed E-state index contributed by atoms with van der Waals surface area (Å²) in [6.45, 7) is 0. The Morgan fingerprint density at radius 3 is 2.64 bits per heavy atom. The molecule has 0 radical (unpaired) electrons. The quantitative estimate of drug-likeness (QED) is 0.688. The maximum atomic E-state index is 6.16. The Labute approximate surface area is 136 Å². The average Bonchev–Trinajstić information content (AvgIpc) is 2.89. The second-order valence-corrected chi connectivity index (χ2v) is 5.31. The van der Waals surface area contributed by atoms with Gasteiger partial charge in [0.25, 0.3) is 0 Å². The first-order chi connectivity index (χ1) is 10.6. The van der Waals surface area contributed by atoms with Gasteiger partial charge < -0.3 is 0 Å². The lowest BCUT2D eigenvalue weighted by Gasteiger charge is -2.00. The summed E-state index contributed by atoms with van der Waals surface area (Å²) in [5, 5.41) is 5.21. The van der Waals surface area contributed by atoms with Crippen molar-refractivity contribution in [2.75, 3.05) is 7.11 Å². The molecule has 6 nitrogen and oxygen atoms in total. The number of nitrogens with zero attached hydrogens (tertiary/aromatic N) is 5. The van der Waals surface area contributed by atoms with Gasteiger partial charge in [-0.15, -0.1) is 0 Å². The molecule has 0 spiro atoms. The standard InChI is InChI=1S/C14H12Cl2N5O/c1-20-14(9-4-3-5-21(8-9)22-2)18-13(19-20)12-10(15)6-17-7-11(12)16/h3-8H,1-2H3/q+1. The van der Waals surface area contributed by atoms with Crippen molar-refractivity contribution in [1.29, 1.82) is 0 Å². The van der Waals surface area contributed by atoms with Crippen LogP contribution in [0.4, 0.5) is 0 Å². The van der Waals surface area contributed by atoms with Crippen LogP contribution < -0.4 is 9.57 Å². The smallest absolute Gasteiger partial charge is 0.233 e. The monoisotopic (exact) mass is 336 g/mol. The van der Waals surface area contributed by atoms with Crippen molar-refractivity contribution >= 4 is 23.2 Å². The van der Waals surface area contributed by atoms with Gasteiger partial charge in [-0.3, -0.25) is 9.82 Å². The molecule has 0 aromatic carbocycles. The highest BCUT2D eigenvalue weighted by Crippen LogP contribution is 2.32. The van der Waals surface area contributed by atoms with E-state index in [1.54, 1.807) is 29.8 Å². The topological polar surface area (TPSA) is 56.7 Å². The number of rotatable bonds is 3. The Morgan fingerprint density at radius 1 is 1.23 bits per heavy atom. The van der Waals surface area contributed by atoms with E-state index in [-0.39, 0.29) is 0 Å². The number of hydrogen-bond donors (Lipinski definition) is 0. The van der Waals surface area contributed by atoms with E-state index in [1.165, 1.54) is 12.4 Å². The molecule has 0 atom stereocenters. The van der Waals surface area contributed by atoms with Gasteiger partial charge in [0, 0.05) is 30.2 Å². The molecule has 3 aromatic heterocycles. The summed E-state index contributed by atoms with van der Waals surface area (Å²) in [6.07, 6.45) is 6.63. The van der Waals surface area contributed by atoms with Crippen molar-refractivity contribution in [3.8, 4) is 22.8 Å². The molecule has 3 rings (SSSR count). The van der Waals surface area contributed by atoms with Crippen LogP contribution >= 0.6 is 23.2 Å². The molecule has 0 saturated heterocycles. The molecule has 0 fully saturated rings. The summed E-state index contributed by atoms with van der Waals surface area (Å²) in [5.74, 6) is 1.12. The zero-order chi connectivity index (χ0) is 15.7. The number of pyridine rings is 2. The molecule has 3 aromatic rings. The summed E-state index contributed by atoms with van der Waals surface area (Å²) in [6, 6.07) is 3.78. The number of aromatic nitrogens is 5. The van der Waals surface area contributed by atoms with Crippen molar-refractivity contribution in [3.63, 3.8) is 0 Å². The van der Waals surface area contributed by atoms with Crippen LogP contribution in [0.3, 0.4) is 0 Å². The molecular weight excluding hydrogens is 325 g/mol. The number of aryl methyl sites for hydroxylation is 1. The predicted molar refractivity (Wildman–Crippen MR) is 82.4 cm³/mol. The van der Waals surface area contributed by atoms with E-state index >= 15 is 0 Å². The normalized spacial score (nSPS) is 10.7. The minimum absolute atomic E-state index is 0.407. The van der Waals surface area contributed by atoms with Gasteiger partial charge in [-0.25, -0.2) is 9.67 Å². The van der Waals surface area contributed by atoms with E-state index in [1.807, 2.05) is 18.3 Å². The number of hydrogen-bond acceptors (Lipinski definition) is 4. The molecule has 0 bridgehead atoms. The lowest BCUT2D eigenvalue weighted by atomic mass is 10.2. The molecule has 112 valence electrons. The van der Waals surface area contributed by atoms with E-state index < -0.39 is 0 Å². The summed E-state index contributed by atoms with van der Waals surface area (Å²) in [5.41, 5.74) is 1.42. The van der Waals surface area contributed by atoms with Crippen molar-refractivity contribution in [2.24, 2.45) is 7.05 Å². The zero-order valence-corrected chi connectivity index (χ0v) is 13.4. The second kappa shape index (κ2) is 5.90. The Balaban J connectivity index is 2.11. The zero-order valence-electron chi connectivity index (χ0n) is 11.9. The predicted octanol–water partition coefficient (Wildman–Crippen LogP) is 2.20. The summed E-state index contributed by atoms with van der Waals surface area (Å²) < 4.78 is 3.24. The lowest BCUT2D eigenvalue weighted by molar-refractivity contribution is -0.885. The van der Waals surface area contributed by atoms with Gasteiger partial charge >= 0.3 is 0 Å². The second-order valence-electron chi connectivity index (χ2n) is 4.50. The molecule has 0 N–H and O–H groups in total. The van der Waals surface area contributed by atoms with Gasteiger partial charge in [-0.05, 0) is 6.07 Å². The molecule has 3 heterocycles. The summed E-state index contributed by atoms with van der Waals surface area (Å²) in [4.78, 5) is 13.6. The van der Waals surface area contributed by atoms with E-state index in [0.717, 1.165) is 5.56 Å². The molecule has 0 amide bonds. The Morgan fingerprint density at radius 2 is 1.95 bits per heavy atom. The van der Waals surface area contributed by atoms with Crippen LogP contribution in [0.25, 0.3) is 22.8 Å². The van der Waals surface area contributed by atoms with Crippen LogP contribution in [0, 0.1) is 0 Å². The summed E-state index contributed by atoms with van der Waals surface area (Å²) >= 11 is 12.3. The third-order valence-electron chi connectivity index (χ3n) is 3.08. The van der Waals surface area contributed by atoms with E-state index in [2.05, 4.69) is 15.1 Å². The van der Waals surface area contributed by atoms with Crippen molar-refractivity contribution in [1.82, 2.24) is 19.7 Å². The van der Waals surface area contributed by atoms with Crippen LogP contribution in [0.1, 0.15) is 0 Å². The fourth-order valence-electron chi connectivity index (χ4n) is 2.07. The Bertz CT molecular complexity index is 814. The Kier molecular flexibility index (Phi) is 3.96. The molecule has 0 aliphatic heterocycles. The number of halogens is 2. The highest BCUT2D eigenvalue weighted by atomic mass is 35.5. The molecule has 0 saturated carbocycles. The van der Waals surface area contributed by atoms with E-state index in [0.29, 0.717) is 27.3 Å². The third kappa shape index (κ3) is 2.63.